The number of nitrogens with one attached hydrogen (secondary N) is 1. The number of fused-ring (bicyclic) bond motifs is 3. The maximum absolute atomic E-state index is 12.9. The van der Waals surface area contributed by atoms with E-state index in [9.17, 15) is 4.39 Å². The van der Waals surface area contributed by atoms with Gasteiger partial charge in [-0.3, -0.25) is 5.10 Å². The third-order valence-corrected chi connectivity index (χ3v) is 2.60. The zero-order valence-electron chi connectivity index (χ0n) is 7.34. The molecule has 1 aromatic heterocycles. The lowest BCUT2D eigenvalue weighted by molar-refractivity contribution is 0.626. The van der Waals surface area contributed by atoms with E-state index >= 15 is 0 Å². The van der Waals surface area contributed by atoms with Gasteiger partial charge in [0.05, 0.1) is 5.69 Å². The van der Waals surface area contributed by atoms with E-state index in [4.69, 9.17) is 5.73 Å². The van der Waals surface area contributed by atoms with Crippen LogP contribution < -0.4 is 5.73 Å². The fourth-order valence-electron chi connectivity index (χ4n) is 1.92. The van der Waals surface area contributed by atoms with Gasteiger partial charge in [0.2, 0.25) is 0 Å². The molecule has 4 heteroatoms. The largest absolute Gasteiger partial charge is 0.382 e. The number of H-pyrrole nitrogens is 1. The second-order valence-corrected chi connectivity index (χ2v) is 3.44. The van der Waals surface area contributed by atoms with Crippen molar-refractivity contribution in [3.63, 3.8) is 0 Å². The average molecular weight is 189 g/mol. The number of halogens is 1. The number of hydrogen-bond acceptors (Lipinski definition) is 2. The third kappa shape index (κ3) is 0.824. The molecule has 0 saturated heterocycles. The molecule has 0 unspecified atom stereocenters. The average Bonchev–Trinajstić information content (AvgIpc) is 2.66. The van der Waals surface area contributed by atoms with Crippen molar-refractivity contribution < 1.29 is 4.39 Å². The first-order chi connectivity index (χ1) is 6.75. The van der Waals surface area contributed by atoms with E-state index < -0.39 is 0 Å². The zero-order chi connectivity index (χ0) is 9.71. The minimum Gasteiger partial charge on any atom is -0.382 e. The molecule has 1 aliphatic rings. The second-order valence-electron chi connectivity index (χ2n) is 3.44. The highest BCUT2D eigenvalue weighted by Gasteiger charge is 2.23. The molecular formula is C10H8FN3. The molecule has 3 rings (SSSR count). The summed E-state index contributed by atoms with van der Waals surface area (Å²) >= 11 is 0. The third-order valence-electron chi connectivity index (χ3n) is 2.60. The van der Waals surface area contributed by atoms with Gasteiger partial charge in [-0.25, -0.2) is 4.39 Å². The fraction of sp³-hybridized carbons (Fsp3) is 0.100. The van der Waals surface area contributed by atoms with Crippen LogP contribution in [-0.2, 0) is 6.42 Å². The molecule has 70 valence electrons. The zero-order valence-corrected chi connectivity index (χ0v) is 7.34. The molecule has 2 aromatic rings. The maximum Gasteiger partial charge on any atom is 0.149 e. The Balaban J connectivity index is 2.27. The first kappa shape index (κ1) is 7.55. The van der Waals surface area contributed by atoms with Crippen molar-refractivity contribution in [3.8, 4) is 11.3 Å². The number of aromatic nitrogens is 2. The maximum atomic E-state index is 12.9. The lowest BCUT2D eigenvalue weighted by Crippen LogP contribution is -1.90. The van der Waals surface area contributed by atoms with E-state index in [-0.39, 0.29) is 5.82 Å². The predicted octanol–water partition coefficient (Wildman–Crippen LogP) is 1.70. The Hall–Kier alpha value is -1.84. The van der Waals surface area contributed by atoms with E-state index in [1.165, 1.54) is 6.07 Å². The van der Waals surface area contributed by atoms with Crippen molar-refractivity contribution in [3.05, 3.63) is 35.1 Å². The van der Waals surface area contributed by atoms with Gasteiger partial charge in [-0.2, -0.15) is 5.10 Å². The summed E-state index contributed by atoms with van der Waals surface area (Å²) in [5.41, 5.74) is 9.56. The van der Waals surface area contributed by atoms with Crippen molar-refractivity contribution in [1.29, 1.82) is 0 Å². The Kier molecular flexibility index (Phi) is 1.27. The van der Waals surface area contributed by atoms with Gasteiger partial charge >= 0.3 is 0 Å². The second kappa shape index (κ2) is 2.35. The van der Waals surface area contributed by atoms with Gasteiger partial charge in [-0.15, -0.1) is 0 Å². The molecule has 0 radical (unpaired) electrons. The van der Waals surface area contributed by atoms with Crippen molar-refractivity contribution in [2.24, 2.45) is 0 Å². The number of benzene rings is 1. The van der Waals surface area contributed by atoms with Gasteiger partial charge in [-0.1, -0.05) is 0 Å². The minimum atomic E-state index is -0.208. The Labute approximate surface area is 79.8 Å². The van der Waals surface area contributed by atoms with Crippen LogP contribution in [-0.4, -0.2) is 10.2 Å². The molecule has 3 nitrogen and oxygen atoms in total. The number of nitrogens with zero attached hydrogens (tertiary/aromatic N) is 1. The standard InChI is InChI=1S/C10H8FN3/c11-6-1-2-7-5(3-6)4-8-9(7)13-14-10(8)12/h1-3H,4H2,(H3,12,13,14). The number of anilines is 1. The van der Waals surface area contributed by atoms with Gasteiger partial charge in [0.15, 0.2) is 0 Å². The molecular weight excluding hydrogens is 181 g/mol. The smallest absolute Gasteiger partial charge is 0.149 e. The van der Waals surface area contributed by atoms with Gasteiger partial charge in [0.25, 0.3) is 0 Å². The molecule has 1 aliphatic carbocycles. The molecule has 1 heterocycles. The molecule has 0 spiro atoms. The SMILES string of the molecule is Nc1n[nH]c2c1Cc1cc(F)ccc1-2. The number of aromatic amines is 1. The Bertz CT molecular complexity index is 516. The summed E-state index contributed by atoms with van der Waals surface area (Å²) in [6.07, 6.45) is 0.671. The highest BCUT2D eigenvalue weighted by molar-refractivity contribution is 5.77. The summed E-state index contributed by atoms with van der Waals surface area (Å²) in [4.78, 5) is 0. The van der Waals surface area contributed by atoms with Gasteiger partial charge in [0.1, 0.15) is 11.6 Å². The molecule has 0 fully saturated rings. The van der Waals surface area contributed by atoms with Crippen molar-refractivity contribution in [1.82, 2.24) is 10.2 Å². The van der Waals surface area contributed by atoms with Crippen LogP contribution in [0.4, 0.5) is 10.2 Å². The normalized spacial score (nSPS) is 12.6. The summed E-state index contributed by atoms with van der Waals surface area (Å²) in [6.45, 7) is 0. The summed E-state index contributed by atoms with van der Waals surface area (Å²) in [6, 6.07) is 4.75. The van der Waals surface area contributed by atoms with Crippen LogP contribution in [0.25, 0.3) is 11.3 Å². The Morgan fingerprint density at radius 3 is 3.14 bits per heavy atom. The number of nitrogens with two attached hydrogens (primary N) is 1. The predicted molar refractivity (Wildman–Crippen MR) is 51.2 cm³/mol. The molecule has 0 saturated carbocycles. The Morgan fingerprint density at radius 2 is 2.29 bits per heavy atom. The summed E-state index contributed by atoms with van der Waals surface area (Å²) in [5.74, 6) is 0.303. The van der Waals surface area contributed by atoms with Crippen molar-refractivity contribution >= 4 is 5.82 Å². The molecule has 0 amide bonds. The van der Waals surface area contributed by atoms with Crippen LogP contribution >= 0.6 is 0 Å². The first-order valence-electron chi connectivity index (χ1n) is 4.37. The van der Waals surface area contributed by atoms with Crippen LogP contribution in [0.5, 0.6) is 0 Å². The lowest BCUT2D eigenvalue weighted by Gasteiger charge is -1.97. The molecule has 0 bridgehead atoms. The van der Waals surface area contributed by atoms with Crippen LogP contribution in [0.3, 0.4) is 0 Å². The van der Waals surface area contributed by atoms with Crippen LogP contribution in [0, 0.1) is 5.82 Å². The molecule has 0 aliphatic heterocycles. The lowest BCUT2D eigenvalue weighted by atomic mass is 10.1. The van der Waals surface area contributed by atoms with Crippen LogP contribution in [0.2, 0.25) is 0 Å². The summed E-state index contributed by atoms with van der Waals surface area (Å²) < 4.78 is 12.9. The van der Waals surface area contributed by atoms with Crippen LogP contribution in [0.1, 0.15) is 11.1 Å². The van der Waals surface area contributed by atoms with E-state index in [0.29, 0.717) is 12.2 Å². The summed E-state index contributed by atoms with van der Waals surface area (Å²) in [5, 5.41) is 6.78. The monoisotopic (exact) mass is 189 g/mol. The number of rotatable bonds is 0. The fourth-order valence-corrected chi connectivity index (χ4v) is 1.92. The molecule has 14 heavy (non-hydrogen) atoms. The minimum absolute atomic E-state index is 0.208. The van der Waals surface area contributed by atoms with Gasteiger partial charge in [-0.05, 0) is 23.8 Å². The topological polar surface area (TPSA) is 54.7 Å². The molecule has 3 N–H and O–H groups in total. The molecule has 1 aromatic carbocycles. The Morgan fingerprint density at radius 1 is 1.43 bits per heavy atom. The molecule has 0 atom stereocenters. The van der Waals surface area contributed by atoms with Crippen molar-refractivity contribution in [2.45, 2.75) is 6.42 Å². The van der Waals surface area contributed by atoms with E-state index in [1.54, 1.807) is 12.1 Å². The first-order valence-corrected chi connectivity index (χ1v) is 4.37. The van der Waals surface area contributed by atoms with Gasteiger partial charge in [0, 0.05) is 17.5 Å². The number of nitrogen functional groups attached to an aromatic ring is 1. The van der Waals surface area contributed by atoms with Gasteiger partial charge < -0.3 is 5.73 Å². The highest BCUT2D eigenvalue weighted by Crippen LogP contribution is 2.37. The van der Waals surface area contributed by atoms with E-state index in [2.05, 4.69) is 10.2 Å². The number of hydrogen-bond donors (Lipinski definition) is 2. The van der Waals surface area contributed by atoms with E-state index in [1.807, 2.05) is 0 Å². The van der Waals surface area contributed by atoms with Crippen LogP contribution in [0.15, 0.2) is 18.2 Å². The summed E-state index contributed by atoms with van der Waals surface area (Å²) in [7, 11) is 0. The highest BCUT2D eigenvalue weighted by atomic mass is 19.1. The van der Waals surface area contributed by atoms with E-state index in [0.717, 1.165) is 22.4 Å². The quantitative estimate of drug-likeness (QED) is 0.565. The van der Waals surface area contributed by atoms with Crippen molar-refractivity contribution in [2.75, 3.05) is 5.73 Å².